The van der Waals surface area contributed by atoms with E-state index in [4.69, 9.17) is 0 Å². The first-order valence-corrected chi connectivity index (χ1v) is 9.92. The number of aromatic nitrogens is 1. The lowest BCUT2D eigenvalue weighted by Gasteiger charge is -2.27. The van der Waals surface area contributed by atoms with Gasteiger partial charge in [0, 0.05) is 32.3 Å². The summed E-state index contributed by atoms with van der Waals surface area (Å²) >= 11 is 0. The highest BCUT2D eigenvalue weighted by atomic mass is 19.4. The normalized spacial score (nSPS) is 28.4. The number of rotatable bonds is 5. The summed E-state index contributed by atoms with van der Waals surface area (Å²) in [4.78, 5) is 6.41. The first kappa shape index (κ1) is 20.3. The zero-order chi connectivity index (χ0) is 20.6. The lowest BCUT2D eigenvalue weighted by molar-refractivity contribution is -0.137. The SMILES string of the molecule is OC(CN1C[C@@H]2CC(O)(Cc3ccc(C(F)(F)F)cc3)C[C@@H]2C1)c1ccccn1. The van der Waals surface area contributed by atoms with Gasteiger partial charge in [0.1, 0.15) is 6.10 Å². The number of nitrogens with zero attached hydrogens (tertiary/aromatic N) is 2. The van der Waals surface area contributed by atoms with Crippen LogP contribution < -0.4 is 0 Å². The summed E-state index contributed by atoms with van der Waals surface area (Å²) in [6.07, 6.45) is -1.68. The van der Waals surface area contributed by atoms with Crippen molar-refractivity contribution in [1.82, 2.24) is 9.88 Å². The van der Waals surface area contributed by atoms with E-state index in [1.54, 1.807) is 6.20 Å². The van der Waals surface area contributed by atoms with Crippen LogP contribution in [0.2, 0.25) is 0 Å². The van der Waals surface area contributed by atoms with Gasteiger partial charge in [-0.1, -0.05) is 18.2 Å². The number of alkyl halides is 3. The Labute approximate surface area is 168 Å². The van der Waals surface area contributed by atoms with Crippen molar-refractivity contribution in [3.8, 4) is 0 Å². The molecule has 156 valence electrons. The summed E-state index contributed by atoms with van der Waals surface area (Å²) in [5, 5.41) is 21.4. The highest BCUT2D eigenvalue weighted by Crippen LogP contribution is 2.45. The van der Waals surface area contributed by atoms with Crippen molar-refractivity contribution in [1.29, 1.82) is 0 Å². The van der Waals surface area contributed by atoms with E-state index in [1.807, 2.05) is 18.2 Å². The van der Waals surface area contributed by atoms with Crippen molar-refractivity contribution in [3.05, 3.63) is 65.5 Å². The maximum atomic E-state index is 12.7. The first-order chi connectivity index (χ1) is 13.7. The van der Waals surface area contributed by atoms with Gasteiger partial charge in [-0.25, -0.2) is 0 Å². The van der Waals surface area contributed by atoms with E-state index >= 15 is 0 Å². The van der Waals surface area contributed by atoms with Gasteiger partial charge in [0.2, 0.25) is 0 Å². The standard InChI is InChI=1S/C22H25F3N2O2/c23-22(24,25)18-6-4-15(5-7-18)9-21(29)10-16-12-27(13-17(16)11-21)14-20(28)19-3-1-2-8-26-19/h1-8,16-17,20,28-29H,9-14H2/t16-,17+,20?,21?. The fourth-order valence-corrected chi connectivity index (χ4v) is 4.95. The molecule has 2 aromatic rings. The van der Waals surface area contributed by atoms with E-state index in [0.717, 1.165) is 30.8 Å². The summed E-state index contributed by atoms with van der Waals surface area (Å²) in [6, 6.07) is 10.6. The zero-order valence-corrected chi connectivity index (χ0v) is 16.0. The molecule has 2 unspecified atom stereocenters. The Morgan fingerprint density at radius 1 is 1.07 bits per heavy atom. The molecule has 29 heavy (non-hydrogen) atoms. The molecule has 2 fully saturated rings. The quantitative estimate of drug-likeness (QED) is 0.799. The minimum Gasteiger partial charge on any atom is -0.390 e. The van der Waals surface area contributed by atoms with E-state index in [-0.39, 0.29) is 0 Å². The Kier molecular flexibility index (Phi) is 5.40. The molecule has 1 aromatic carbocycles. The Hall–Kier alpha value is -1.96. The minimum atomic E-state index is -4.34. The van der Waals surface area contributed by atoms with Crippen LogP contribution in [0.3, 0.4) is 0 Å². The number of aliphatic hydroxyl groups excluding tert-OH is 1. The van der Waals surface area contributed by atoms with Gasteiger partial charge in [0.05, 0.1) is 16.9 Å². The molecule has 2 aliphatic rings. The van der Waals surface area contributed by atoms with Crippen molar-refractivity contribution in [2.24, 2.45) is 11.8 Å². The fraction of sp³-hybridized carbons (Fsp3) is 0.500. The van der Waals surface area contributed by atoms with Gasteiger partial charge in [-0.15, -0.1) is 0 Å². The highest BCUT2D eigenvalue weighted by molar-refractivity contribution is 5.26. The van der Waals surface area contributed by atoms with Crippen LogP contribution in [-0.4, -0.2) is 45.3 Å². The molecule has 2 N–H and O–H groups in total. The van der Waals surface area contributed by atoms with Gasteiger partial charge in [0.25, 0.3) is 0 Å². The van der Waals surface area contributed by atoms with Crippen LogP contribution in [0.4, 0.5) is 13.2 Å². The average Bonchev–Trinajstić information content (AvgIpc) is 3.15. The highest BCUT2D eigenvalue weighted by Gasteiger charge is 2.48. The van der Waals surface area contributed by atoms with Gasteiger partial charge in [-0.2, -0.15) is 13.2 Å². The molecule has 0 spiro atoms. The van der Waals surface area contributed by atoms with Gasteiger partial charge in [-0.3, -0.25) is 9.88 Å². The summed E-state index contributed by atoms with van der Waals surface area (Å²) < 4.78 is 38.1. The lowest BCUT2D eigenvalue weighted by atomic mass is 9.91. The maximum Gasteiger partial charge on any atom is 0.416 e. The summed E-state index contributed by atoms with van der Waals surface area (Å²) in [5.74, 6) is 0.677. The predicted molar refractivity (Wildman–Crippen MR) is 102 cm³/mol. The molecule has 7 heteroatoms. The van der Waals surface area contributed by atoms with Gasteiger partial charge in [0.15, 0.2) is 0 Å². The number of β-amino-alcohol motifs (C(OH)–C–C–N with tert-alkyl or cyclic N) is 1. The Balaban J connectivity index is 1.32. The molecule has 1 saturated heterocycles. The smallest absolute Gasteiger partial charge is 0.390 e. The lowest BCUT2D eigenvalue weighted by Crippen LogP contribution is -2.33. The summed E-state index contributed by atoms with van der Waals surface area (Å²) in [6.45, 7) is 2.13. The molecule has 1 aromatic heterocycles. The number of likely N-dealkylation sites (tertiary alicyclic amines) is 1. The number of aliphatic hydroxyl groups is 2. The molecule has 0 bridgehead atoms. The Bertz CT molecular complexity index is 812. The van der Waals surface area contributed by atoms with Crippen LogP contribution in [0.1, 0.15) is 35.8 Å². The van der Waals surface area contributed by atoms with Crippen molar-refractivity contribution in [2.45, 2.75) is 37.1 Å². The molecule has 1 aliphatic heterocycles. The molecule has 1 saturated carbocycles. The van der Waals surface area contributed by atoms with Crippen LogP contribution >= 0.6 is 0 Å². The van der Waals surface area contributed by atoms with Crippen molar-refractivity contribution in [2.75, 3.05) is 19.6 Å². The zero-order valence-electron chi connectivity index (χ0n) is 16.0. The minimum absolute atomic E-state index is 0.338. The van der Waals surface area contributed by atoms with Crippen LogP contribution in [0, 0.1) is 11.8 Å². The third kappa shape index (κ3) is 4.63. The Morgan fingerprint density at radius 3 is 2.28 bits per heavy atom. The second kappa shape index (κ2) is 7.70. The topological polar surface area (TPSA) is 56.6 Å². The molecular weight excluding hydrogens is 381 g/mol. The molecule has 2 heterocycles. The van der Waals surface area contributed by atoms with Gasteiger partial charge in [-0.05, 0) is 54.5 Å². The summed E-state index contributed by atoms with van der Waals surface area (Å²) in [7, 11) is 0. The third-order valence-electron chi connectivity index (χ3n) is 6.21. The van der Waals surface area contributed by atoms with E-state index in [2.05, 4.69) is 9.88 Å². The number of fused-ring (bicyclic) bond motifs is 1. The predicted octanol–water partition coefficient (Wildman–Crippen LogP) is 3.45. The van der Waals surface area contributed by atoms with Crippen molar-refractivity contribution in [3.63, 3.8) is 0 Å². The van der Waals surface area contributed by atoms with E-state index in [0.29, 0.717) is 43.3 Å². The van der Waals surface area contributed by atoms with E-state index in [1.165, 1.54) is 12.1 Å². The molecule has 4 nitrogen and oxygen atoms in total. The molecule has 1 aliphatic carbocycles. The third-order valence-corrected chi connectivity index (χ3v) is 6.21. The number of hydrogen-bond donors (Lipinski definition) is 2. The summed E-state index contributed by atoms with van der Waals surface area (Å²) in [5.41, 5.74) is -0.161. The molecule has 0 amide bonds. The molecule has 4 atom stereocenters. The monoisotopic (exact) mass is 406 g/mol. The van der Waals surface area contributed by atoms with E-state index in [9.17, 15) is 23.4 Å². The fourth-order valence-electron chi connectivity index (χ4n) is 4.95. The largest absolute Gasteiger partial charge is 0.416 e. The van der Waals surface area contributed by atoms with Crippen LogP contribution in [0.25, 0.3) is 0 Å². The second-order valence-electron chi connectivity index (χ2n) is 8.51. The number of hydrogen-bond acceptors (Lipinski definition) is 4. The van der Waals surface area contributed by atoms with Crippen LogP contribution in [-0.2, 0) is 12.6 Å². The number of benzene rings is 1. The molecule has 0 radical (unpaired) electrons. The second-order valence-corrected chi connectivity index (χ2v) is 8.51. The number of halogens is 3. The Morgan fingerprint density at radius 2 is 1.72 bits per heavy atom. The number of pyridine rings is 1. The molecular formula is C22H25F3N2O2. The molecule has 4 rings (SSSR count). The first-order valence-electron chi connectivity index (χ1n) is 9.92. The van der Waals surface area contributed by atoms with Crippen molar-refractivity contribution >= 4 is 0 Å². The van der Waals surface area contributed by atoms with Gasteiger partial charge < -0.3 is 10.2 Å². The van der Waals surface area contributed by atoms with Crippen LogP contribution in [0.15, 0.2) is 48.7 Å². The maximum absolute atomic E-state index is 12.7. The van der Waals surface area contributed by atoms with E-state index < -0.39 is 23.4 Å². The average molecular weight is 406 g/mol. The van der Waals surface area contributed by atoms with Gasteiger partial charge >= 0.3 is 6.18 Å². The van der Waals surface area contributed by atoms with Crippen molar-refractivity contribution < 1.29 is 23.4 Å². The van der Waals surface area contributed by atoms with Crippen LogP contribution in [0.5, 0.6) is 0 Å².